The number of carbonyl (C=O) groups excluding carboxylic acids is 1. The number of amides is 1. The maximum Gasteiger partial charge on any atom is 0.254 e. The van der Waals surface area contributed by atoms with Gasteiger partial charge in [0.05, 0.1) is 5.56 Å². The summed E-state index contributed by atoms with van der Waals surface area (Å²) in [6.07, 6.45) is 3.01. The smallest absolute Gasteiger partial charge is 0.254 e. The highest BCUT2D eigenvalue weighted by Gasteiger charge is 2.15. The van der Waals surface area contributed by atoms with E-state index in [0.29, 0.717) is 12.5 Å². The van der Waals surface area contributed by atoms with Gasteiger partial charge in [-0.05, 0) is 37.3 Å². The minimum absolute atomic E-state index is 0.0438. The van der Waals surface area contributed by atoms with Crippen LogP contribution in [0.4, 0.5) is 4.39 Å². The van der Waals surface area contributed by atoms with Crippen LogP contribution >= 0.6 is 0 Å². The molecule has 0 bridgehead atoms. The van der Waals surface area contributed by atoms with Gasteiger partial charge < -0.3 is 15.2 Å². The number of rotatable bonds is 4. The Morgan fingerprint density at radius 1 is 1.53 bits per heavy atom. The van der Waals surface area contributed by atoms with E-state index in [9.17, 15) is 9.18 Å². The van der Waals surface area contributed by atoms with Crippen LogP contribution in [0.5, 0.6) is 5.75 Å². The number of ether oxygens (including phenoxy) is 1. The van der Waals surface area contributed by atoms with Crippen molar-refractivity contribution < 1.29 is 19.0 Å². The molecule has 1 aromatic rings. The van der Waals surface area contributed by atoms with Crippen molar-refractivity contribution in [3.05, 3.63) is 29.6 Å². The Balaban J connectivity index is 1.80. The highest BCUT2D eigenvalue weighted by Crippen LogP contribution is 2.17. The summed E-state index contributed by atoms with van der Waals surface area (Å²) in [7, 11) is 0. The third-order valence-corrected chi connectivity index (χ3v) is 3.29. The lowest BCUT2D eigenvalue weighted by atomic mass is 9.99. The summed E-state index contributed by atoms with van der Waals surface area (Å²) in [4.78, 5) is 11.8. The van der Waals surface area contributed by atoms with Crippen LogP contribution in [0, 0.1) is 11.7 Å². The first kappa shape index (κ1) is 13.8. The van der Waals surface area contributed by atoms with Gasteiger partial charge >= 0.3 is 0 Å². The zero-order valence-corrected chi connectivity index (χ0v) is 10.7. The molecule has 1 amide bonds. The first-order valence-electron chi connectivity index (χ1n) is 6.51. The van der Waals surface area contributed by atoms with E-state index in [2.05, 4.69) is 5.32 Å². The SMILES string of the molecule is O=C(NCCC1CCCOC1)c1ccc(O)cc1F. The lowest BCUT2D eigenvalue weighted by Crippen LogP contribution is -2.28. The Morgan fingerprint density at radius 2 is 2.37 bits per heavy atom. The molecular formula is C14H18FNO3. The van der Waals surface area contributed by atoms with E-state index in [1.807, 2.05) is 0 Å². The average Bonchev–Trinajstić information content (AvgIpc) is 2.39. The predicted octanol–water partition coefficient (Wildman–Crippen LogP) is 2.08. The highest BCUT2D eigenvalue weighted by molar-refractivity contribution is 5.94. The molecule has 4 nitrogen and oxygen atoms in total. The second-order valence-corrected chi connectivity index (χ2v) is 4.79. The molecule has 1 unspecified atom stereocenters. The predicted molar refractivity (Wildman–Crippen MR) is 68.6 cm³/mol. The van der Waals surface area contributed by atoms with Crippen LogP contribution in [0.15, 0.2) is 18.2 Å². The fraction of sp³-hybridized carbons (Fsp3) is 0.500. The molecule has 0 spiro atoms. The van der Waals surface area contributed by atoms with Gasteiger partial charge in [-0.3, -0.25) is 4.79 Å². The van der Waals surface area contributed by atoms with Gasteiger partial charge in [-0.15, -0.1) is 0 Å². The molecule has 0 radical (unpaired) electrons. The van der Waals surface area contributed by atoms with Gasteiger partial charge in [0.25, 0.3) is 5.91 Å². The number of nitrogens with one attached hydrogen (secondary N) is 1. The summed E-state index contributed by atoms with van der Waals surface area (Å²) in [5.74, 6) is -0.875. The average molecular weight is 267 g/mol. The number of phenolic OH excluding ortho intramolecular Hbond substituents is 1. The van der Waals surface area contributed by atoms with Crippen molar-refractivity contribution in [3.8, 4) is 5.75 Å². The molecular weight excluding hydrogens is 249 g/mol. The zero-order valence-electron chi connectivity index (χ0n) is 10.7. The van der Waals surface area contributed by atoms with Crippen LogP contribution in [0.1, 0.15) is 29.6 Å². The van der Waals surface area contributed by atoms with E-state index in [1.165, 1.54) is 12.1 Å². The topological polar surface area (TPSA) is 58.6 Å². The van der Waals surface area contributed by atoms with Gasteiger partial charge in [0, 0.05) is 25.8 Å². The summed E-state index contributed by atoms with van der Waals surface area (Å²) in [6, 6.07) is 3.51. The van der Waals surface area contributed by atoms with Crippen LogP contribution in [-0.2, 0) is 4.74 Å². The van der Waals surface area contributed by atoms with Gasteiger partial charge in [0.1, 0.15) is 11.6 Å². The number of benzene rings is 1. The number of phenols is 1. The Labute approximate surface area is 111 Å². The molecule has 0 aliphatic carbocycles. The summed E-state index contributed by atoms with van der Waals surface area (Å²) in [5, 5.41) is 11.8. The quantitative estimate of drug-likeness (QED) is 0.878. The lowest BCUT2D eigenvalue weighted by Gasteiger charge is -2.21. The molecule has 1 saturated heterocycles. The Bertz CT molecular complexity index is 444. The van der Waals surface area contributed by atoms with E-state index in [1.54, 1.807) is 0 Å². The Hall–Kier alpha value is -1.62. The molecule has 2 N–H and O–H groups in total. The minimum atomic E-state index is -0.710. The fourth-order valence-corrected chi connectivity index (χ4v) is 2.21. The van der Waals surface area contributed by atoms with E-state index >= 15 is 0 Å². The highest BCUT2D eigenvalue weighted by atomic mass is 19.1. The standard InChI is InChI=1S/C14H18FNO3/c15-13-8-11(17)3-4-12(13)14(18)16-6-5-10-2-1-7-19-9-10/h3-4,8,10,17H,1-2,5-7,9H2,(H,16,18). The van der Waals surface area contributed by atoms with Crippen molar-refractivity contribution in [1.29, 1.82) is 0 Å². The molecule has 0 saturated carbocycles. The van der Waals surface area contributed by atoms with Gasteiger partial charge in [-0.2, -0.15) is 0 Å². The van der Waals surface area contributed by atoms with Crippen molar-refractivity contribution in [1.82, 2.24) is 5.32 Å². The summed E-state index contributed by atoms with van der Waals surface area (Å²) >= 11 is 0. The lowest BCUT2D eigenvalue weighted by molar-refractivity contribution is 0.0514. The second-order valence-electron chi connectivity index (χ2n) is 4.79. The van der Waals surface area contributed by atoms with Crippen molar-refractivity contribution >= 4 is 5.91 Å². The molecule has 104 valence electrons. The van der Waals surface area contributed by atoms with Crippen LogP contribution < -0.4 is 5.32 Å². The first-order chi connectivity index (χ1) is 9.16. The molecule has 2 rings (SSSR count). The third kappa shape index (κ3) is 3.92. The number of hydrogen-bond acceptors (Lipinski definition) is 3. The molecule has 5 heteroatoms. The zero-order chi connectivity index (χ0) is 13.7. The number of halogens is 1. The minimum Gasteiger partial charge on any atom is -0.508 e. The first-order valence-corrected chi connectivity index (χ1v) is 6.51. The number of aromatic hydroxyl groups is 1. The summed E-state index contributed by atoms with van der Waals surface area (Å²) in [5.41, 5.74) is -0.0438. The molecule has 1 aliphatic rings. The van der Waals surface area contributed by atoms with Crippen LogP contribution in [0.3, 0.4) is 0 Å². The van der Waals surface area contributed by atoms with Gasteiger partial charge in [0.2, 0.25) is 0 Å². The van der Waals surface area contributed by atoms with Crippen LogP contribution in [0.2, 0.25) is 0 Å². The van der Waals surface area contributed by atoms with Gasteiger partial charge in [-0.25, -0.2) is 4.39 Å². The van der Waals surface area contributed by atoms with Crippen LogP contribution in [-0.4, -0.2) is 30.8 Å². The molecule has 0 aromatic heterocycles. The van der Waals surface area contributed by atoms with Crippen LogP contribution in [0.25, 0.3) is 0 Å². The maximum atomic E-state index is 13.4. The Kier molecular flexibility index (Phi) is 4.74. The fourth-order valence-electron chi connectivity index (χ4n) is 2.21. The molecule has 1 fully saturated rings. The molecule has 19 heavy (non-hydrogen) atoms. The molecule has 1 heterocycles. The normalized spacial score (nSPS) is 19.1. The van der Waals surface area contributed by atoms with Gasteiger partial charge in [-0.1, -0.05) is 0 Å². The van der Waals surface area contributed by atoms with E-state index < -0.39 is 11.7 Å². The van der Waals surface area contributed by atoms with Gasteiger partial charge in [0.15, 0.2) is 0 Å². The third-order valence-electron chi connectivity index (χ3n) is 3.29. The van der Waals surface area contributed by atoms with E-state index in [-0.39, 0.29) is 11.3 Å². The maximum absolute atomic E-state index is 13.4. The van der Waals surface area contributed by atoms with E-state index in [4.69, 9.17) is 9.84 Å². The van der Waals surface area contributed by atoms with Crippen molar-refractivity contribution in [2.24, 2.45) is 5.92 Å². The van der Waals surface area contributed by atoms with Crippen molar-refractivity contribution in [3.63, 3.8) is 0 Å². The van der Waals surface area contributed by atoms with E-state index in [0.717, 1.165) is 38.5 Å². The van der Waals surface area contributed by atoms with Crippen molar-refractivity contribution in [2.75, 3.05) is 19.8 Å². The number of carbonyl (C=O) groups is 1. The second kappa shape index (κ2) is 6.52. The molecule has 1 aliphatic heterocycles. The summed E-state index contributed by atoms with van der Waals surface area (Å²) in [6.45, 7) is 2.07. The molecule has 1 aromatic carbocycles. The molecule has 1 atom stereocenters. The Morgan fingerprint density at radius 3 is 3.05 bits per heavy atom. The largest absolute Gasteiger partial charge is 0.508 e. The van der Waals surface area contributed by atoms with Crippen molar-refractivity contribution in [2.45, 2.75) is 19.3 Å². The monoisotopic (exact) mass is 267 g/mol. The summed E-state index contributed by atoms with van der Waals surface area (Å²) < 4.78 is 18.8. The number of hydrogen-bond donors (Lipinski definition) is 2.